The van der Waals surface area contributed by atoms with Gasteiger partial charge in [0.2, 0.25) is 0 Å². The Kier molecular flexibility index (Phi) is 7.85. The van der Waals surface area contributed by atoms with Gasteiger partial charge in [0, 0.05) is 22.2 Å². The molecule has 10 rings (SSSR count). The van der Waals surface area contributed by atoms with Crippen LogP contribution in [0.5, 0.6) is 0 Å². The zero-order chi connectivity index (χ0) is 35.8. The predicted octanol–water partition coefficient (Wildman–Crippen LogP) is 14.9. The van der Waals surface area contributed by atoms with E-state index in [1.54, 1.807) is 0 Å². The van der Waals surface area contributed by atoms with Crippen molar-refractivity contribution < 1.29 is 4.42 Å². The molecule has 0 radical (unpaired) electrons. The molecule has 2 heteroatoms. The van der Waals surface area contributed by atoms with Gasteiger partial charge in [-0.2, -0.15) is 0 Å². The van der Waals surface area contributed by atoms with Gasteiger partial charge in [-0.3, -0.25) is 0 Å². The monoisotopic (exact) mass is 689 g/mol. The lowest BCUT2D eigenvalue weighted by molar-refractivity contribution is 0.670. The SMILES string of the molecule is c1ccc(-c2ccc(-c3cccc(N(c4ccccc4-c4ccccc4)c4ccc(-c5ccc6ccccc6c5)c5oc6ccccc6c45)c3)cc2)cc1. The maximum absolute atomic E-state index is 6.84. The van der Waals surface area contributed by atoms with E-state index in [1.165, 1.54) is 27.5 Å². The lowest BCUT2D eigenvalue weighted by atomic mass is 9.96. The third-order valence-electron chi connectivity index (χ3n) is 10.5. The summed E-state index contributed by atoms with van der Waals surface area (Å²) >= 11 is 0. The van der Waals surface area contributed by atoms with Gasteiger partial charge in [-0.15, -0.1) is 0 Å². The summed E-state index contributed by atoms with van der Waals surface area (Å²) in [5.41, 5.74) is 14.2. The van der Waals surface area contributed by atoms with Gasteiger partial charge in [-0.1, -0.05) is 170 Å². The van der Waals surface area contributed by atoms with Gasteiger partial charge in [0.15, 0.2) is 0 Å². The minimum absolute atomic E-state index is 0.866. The summed E-state index contributed by atoms with van der Waals surface area (Å²) in [4.78, 5) is 2.42. The van der Waals surface area contributed by atoms with Crippen LogP contribution < -0.4 is 4.90 Å². The Bertz CT molecular complexity index is 2920. The Morgan fingerprint density at radius 1 is 0.333 bits per heavy atom. The minimum Gasteiger partial charge on any atom is -0.455 e. The van der Waals surface area contributed by atoms with Crippen LogP contribution >= 0.6 is 0 Å². The van der Waals surface area contributed by atoms with Gasteiger partial charge < -0.3 is 9.32 Å². The fourth-order valence-corrected chi connectivity index (χ4v) is 7.83. The Labute approximate surface area is 314 Å². The van der Waals surface area contributed by atoms with Crippen molar-refractivity contribution in [1.29, 1.82) is 0 Å². The molecule has 0 amide bonds. The Balaban J connectivity index is 1.20. The topological polar surface area (TPSA) is 16.4 Å². The first kappa shape index (κ1) is 31.6. The van der Waals surface area contributed by atoms with E-state index in [-0.39, 0.29) is 0 Å². The van der Waals surface area contributed by atoms with Crippen LogP contribution in [0.25, 0.3) is 77.2 Å². The van der Waals surface area contributed by atoms with E-state index in [0.29, 0.717) is 0 Å². The first-order valence-electron chi connectivity index (χ1n) is 18.4. The third kappa shape index (κ3) is 5.62. The second kappa shape index (κ2) is 13.4. The lowest BCUT2D eigenvalue weighted by Crippen LogP contribution is -2.12. The largest absolute Gasteiger partial charge is 0.455 e. The van der Waals surface area contributed by atoms with Crippen molar-refractivity contribution in [3.8, 4) is 44.5 Å². The van der Waals surface area contributed by atoms with Gasteiger partial charge in [-0.05, 0) is 86.6 Å². The molecule has 9 aromatic carbocycles. The zero-order valence-corrected chi connectivity index (χ0v) is 29.6. The van der Waals surface area contributed by atoms with E-state index in [1.807, 2.05) is 0 Å². The molecular formula is C52H35NO. The van der Waals surface area contributed by atoms with Crippen LogP contribution in [0.4, 0.5) is 17.1 Å². The van der Waals surface area contributed by atoms with Gasteiger partial charge in [-0.25, -0.2) is 0 Å². The molecular weight excluding hydrogens is 655 g/mol. The lowest BCUT2D eigenvalue weighted by Gasteiger charge is -2.29. The third-order valence-corrected chi connectivity index (χ3v) is 10.5. The van der Waals surface area contributed by atoms with E-state index < -0.39 is 0 Å². The van der Waals surface area contributed by atoms with Crippen LogP contribution in [0.15, 0.2) is 217 Å². The highest BCUT2D eigenvalue weighted by Crippen LogP contribution is 2.48. The molecule has 254 valence electrons. The van der Waals surface area contributed by atoms with Crippen LogP contribution in [0.1, 0.15) is 0 Å². The highest BCUT2D eigenvalue weighted by atomic mass is 16.3. The van der Waals surface area contributed by atoms with Crippen molar-refractivity contribution in [3.63, 3.8) is 0 Å². The molecule has 0 N–H and O–H groups in total. The predicted molar refractivity (Wildman–Crippen MR) is 228 cm³/mol. The smallest absolute Gasteiger partial charge is 0.145 e. The number of fused-ring (bicyclic) bond motifs is 4. The normalized spacial score (nSPS) is 11.3. The fourth-order valence-electron chi connectivity index (χ4n) is 7.83. The summed E-state index contributed by atoms with van der Waals surface area (Å²) in [5, 5.41) is 4.59. The van der Waals surface area contributed by atoms with E-state index in [4.69, 9.17) is 4.42 Å². The van der Waals surface area contributed by atoms with Crippen LogP contribution in [-0.4, -0.2) is 0 Å². The molecule has 0 saturated heterocycles. The molecule has 0 aliphatic carbocycles. The maximum Gasteiger partial charge on any atom is 0.145 e. The van der Waals surface area contributed by atoms with E-state index >= 15 is 0 Å². The molecule has 0 aliphatic heterocycles. The van der Waals surface area contributed by atoms with Crippen molar-refractivity contribution in [3.05, 3.63) is 212 Å². The number of benzene rings is 9. The highest BCUT2D eigenvalue weighted by Gasteiger charge is 2.24. The first-order valence-corrected chi connectivity index (χ1v) is 18.4. The van der Waals surface area contributed by atoms with Crippen molar-refractivity contribution in [2.75, 3.05) is 4.90 Å². The number of anilines is 3. The number of nitrogens with zero attached hydrogens (tertiary/aromatic N) is 1. The molecule has 2 nitrogen and oxygen atoms in total. The number of hydrogen-bond donors (Lipinski definition) is 0. The van der Waals surface area contributed by atoms with Gasteiger partial charge in [0.05, 0.1) is 16.8 Å². The van der Waals surface area contributed by atoms with Crippen LogP contribution in [0.3, 0.4) is 0 Å². The van der Waals surface area contributed by atoms with Crippen molar-refractivity contribution in [2.45, 2.75) is 0 Å². The maximum atomic E-state index is 6.84. The number of para-hydroxylation sites is 2. The van der Waals surface area contributed by atoms with E-state index in [0.717, 1.165) is 66.8 Å². The minimum atomic E-state index is 0.866. The molecule has 1 aromatic heterocycles. The summed E-state index contributed by atoms with van der Waals surface area (Å²) < 4.78 is 6.84. The summed E-state index contributed by atoms with van der Waals surface area (Å²) in [7, 11) is 0. The summed E-state index contributed by atoms with van der Waals surface area (Å²) in [6, 6.07) is 75.8. The summed E-state index contributed by atoms with van der Waals surface area (Å²) in [6.45, 7) is 0. The quantitative estimate of drug-likeness (QED) is 0.166. The highest BCUT2D eigenvalue weighted by molar-refractivity contribution is 6.17. The molecule has 1 heterocycles. The molecule has 0 saturated carbocycles. The second-order valence-corrected chi connectivity index (χ2v) is 13.7. The molecule has 10 aromatic rings. The van der Waals surface area contributed by atoms with Crippen molar-refractivity contribution >= 4 is 49.8 Å². The summed E-state index contributed by atoms with van der Waals surface area (Å²) in [6.07, 6.45) is 0. The molecule has 0 aliphatic rings. The molecule has 0 spiro atoms. The van der Waals surface area contributed by atoms with Crippen LogP contribution in [-0.2, 0) is 0 Å². The number of furan rings is 1. The number of hydrogen-bond acceptors (Lipinski definition) is 2. The first-order chi connectivity index (χ1) is 26.8. The zero-order valence-electron chi connectivity index (χ0n) is 29.6. The fraction of sp³-hybridized carbons (Fsp3) is 0. The average Bonchev–Trinajstić information content (AvgIpc) is 3.65. The Morgan fingerprint density at radius 3 is 1.76 bits per heavy atom. The molecule has 0 unspecified atom stereocenters. The Hall–Kier alpha value is -7.16. The summed E-state index contributed by atoms with van der Waals surface area (Å²) in [5.74, 6) is 0. The molecule has 0 atom stereocenters. The molecule has 0 fully saturated rings. The second-order valence-electron chi connectivity index (χ2n) is 13.7. The molecule has 0 bridgehead atoms. The van der Waals surface area contributed by atoms with E-state index in [9.17, 15) is 0 Å². The average molecular weight is 690 g/mol. The van der Waals surface area contributed by atoms with Crippen LogP contribution in [0.2, 0.25) is 0 Å². The van der Waals surface area contributed by atoms with Gasteiger partial charge >= 0.3 is 0 Å². The standard InChI is InChI=1S/C52H35NO/c1-3-14-36(15-4-1)38-26-28-39(29-27-38)42-20-13-21-44(35-42)53(48-24-11-9-22-45(48)40-17-5-2-6-18-40)49-33-32-46(43-31-30-37-16-7-8-19-41(37)34-43)52-51(49)47-23-10-12-25-50(47)54-52/h1-35H. The molecule has 54 heavy (non-hydrogen) atoms. The van der Waals surface area contributed by atoms with Gasteiger partial charge in [0.1, 0.15) is 11.2 Å². The van der Waals surface area contributed by atoms with Crippen LogP contribution in [0, 0.1) is 0 Å². The van der Waals surface area contributed by atoms with Crippen molar-refractivity contribution in [1.82, 2.24) is 0 Å². The van der Waals surface area contributed by atoms with Gasteiger partial charge in [0.25, 0.3) is 0 Å². The van der Waals surface area contributed by atoms with Crippen molar-refractivity contribution in [2.24, 2.45) is 0 Å². The Morgan fingerprint density at radius 2 is 0.944 bits per heavy atom. The number of rotatable bonds is 7. The van der Waals surface area contributed by atoms with E-state index in [2.05, 4.69) is 217 Å².